The predicted molar refractivity (Wildman–Crippen MR) is 96.5 cm³/mol. The van der Waals surface area contributed by atoms with Gasteiger partial charge in [-0.1, -0.05) is 12.1 Å². The third kappa shape index (κ3) is 2.81. The molecule has 2 heterocycles. The van der Waals surface area contributed by atoms with E-state index < -0.39 is 0 Å². The highest BCUT2D eigenvalue weighted by atomic mass is 19.1. The first kappa shape index (κ1) is 16.6. The van der Waals surface area contributed by atoms with Crippen molar-refractivity contribution in [1.82, 2.24) is 10.2 Å². The smallest absolute Gasteiger partial charge is 0.257 e. The fourth-order valence-electron chi connectivity index (χ4n) is 3.74. The summed E-state index contributed by atoms with van der Waals surface area (Å²) in [5, 5.41) is 2.84. The Balaban J connectivity index is 1.53. The second-order valence-corrected chi connectivity index (χ2v) is 6.77. The summed E-state index contributed by atoms with van der Waals surface area (Å²) in [6.07, 6.45) is 2.02. The Hall–Kier alpha value is -2.89. The number of nitrogens with zero attached hydrogens (tertiary/aromatic N) is 2. The zero-order valence-electron chi connectivity index (χ0n) is 14.5. The van der Waals surface area contributed by atoms with Crippen LogP contribution in [-0.4, -0.2) is 36.5 Å². The van der Waals surface area contributed by atoms with Gasteiger partial charge in [-0.05, 0) is 48.7 Å². The number of halogens is 1. The first-order chi connectivity index (χ1) is 12.5. The van der Waals surface area contributed by atoms with E-state index in [4.69, 9.17) is 0 Å². The number of hydrogen-bond acceptors (Lipinski definition) is 3. The SMILES string of the molecule is CN1c2cc(C(=O)NCc3ccc(F)cc3)ccc2C(=O)N2CCCC21. The van der Waals surface area contributed by atoms with Crippen LogP contribution in [0, 0.1) is 5.82 Å². The maximum Gasteiger partial charge on any atom is 0.257 e. The molecule has 1 unspecified atom stereocenters. The van der Waals surface area contributed by atoms with Crippen LogP contribution in [0.1, 0.15) is 39.1 Å². The number of fused-ring (bicyclic) bond motifs is 2. The van der Waals surface area contributed by atoms with Crippen molar-refractivity contribution in [2.24, 2.45) is 0 Å². The Kier molecular flexibility index (Phi) is 4.11. The molecule has 0 radical (unpaired) electrons. The molecule has 0 aromatic heterocycles. The summed E-state index contributed by atoms with van der Waals surface area (Å²) in [7, 11) is 1.97. The quantitative estimate of drug-likeness (QED) is 0.923. The maximum atomic E-state index is 12.9. The monoisotopic (exact) mass is 353 g/mol. The Morgan fingerprint density at radius 3 is 2.77 bits per heavy atom. The van der Waals surface area contributed by atoms with Gasteiger partial charge in [0.15, 0.2) is 0 Å². The normalized spacial score (nSPS) is 18.5. The summed E-state index contributed by atoms with van der Waals surface area (Å²) < 4.78 is 12.9. The molecule has 4 rings (SSSR count). The molecule has 0 aliphatic carbocycles. The van der Waals surface area contributed by atoms with Gasteiger partial charge in [0.1, 0.15) is 12.0 Å². The van der Waals surface area contributed by atoms with Crippen molar-refractivity contribution >= 4 is 17.5 Å². The maximum absolute atomic E-state index is 12.9. The van der Waals surface area contributed by atoms with Crippen LogP contribution in [0.15, 0.2) is 42.5 Å². The van der Waals surface area contributed by atoms with Crippen LogP contribution in [0.25, 0.3) is 0 Å². The molecule has 134 valence electrons. The summed E-state index contributed by atoms with van der Waals surface area (Å²) in [5.41, 5.74) is 2.77. The third-order valence-corrected chi connectivity index (χ3v) is 5.17. The molecule has 6 heteroatoms. The standard InChI is InChI=1S/C20H20FN3O2/c1-23-17-11-14(19(25)22-12-13-4-7-15(21)8-5-13)6-9-16(17)20(26)24-10-2-3-18(23)24/h4-9,11,18H,2-3,10,12H2,1H3,(H,22,25). The second kappa shape index (κ2) is 6.44. The molecule has 2 aromatic rings. The summed E-state index contributed by atoms with van der Waals surface area (Å²) >= 11 is 0. The van der Waals surface area contributed by atoms with E-state index >= 15 is 0 Å². The molecule has 2 aromatic carbocycles. The molecule has 5 nitrogen and oxygen atoms in total. The van der Waals surface area contributed by atoms with Gasteiger partial charge in [-0.15, -0.1) is 0 Å². The highest BCUT2D eigenvalue weighted by Crippen LogP contribution is 2.35. The van der Waals surface area contributed by atoms with Crippen LogP contribution in [0.5, 0.6) is 0 Å². The van der Waals surface area contributed by atoms with Crippen LogP contribution in [0.4, 0.5) is 10.1 Å². The number of rotatable bonds is 3. The summed E-state index contributed by atoms with van der Waals surface area (Å²) in [6, 6.07) is 11.2. The summed E-state index contributed by atoms with van der Waals surface area (Å²) in [5.74, 6) is -0.478. The molecule has 0 saturated carbocycles. The van der Waals surface area contributed by atoms with Gasteiger partial charge in [-0.2, -0.15) is 0 Å². The molecule has 0 spiro atoms. The second-order valence-electron chi connectivity index (χ2n) is 6.77. The van der Waals surface area contributed by atoms with E-state index in [2.05, 4.69) is 10.2 Å². The van der Waals surface area contributed by atoms with Crippen molar-refractivity contribution in [3.8, 4) is 0 Å². The Morgan fingerprint density at radius 2 is 2.00 bits per heavy atom. The van der Waals surface area contributed by atoms with Crippen molar-refractivity contribution < 1.29 is 14.0 Å². The van der Waals surface area contributed by atoms with E-state index in [9.17, 15) is 14.0 Å². The van der Waals surface area contributed by atoms with Crippen molar-refractivity contribution in [2.75, 3.05) is 18.5 Å². The fraction of sp³-hybridized carbons (Fsp3) is 0.300. The minimum absolute atomic E-state index is 0.0406. The van der Waals surface area contributed by atoms with Crippen LogP contribution in [0.3, 0.4) is 0 Å². The van der Waals surface area contributed by atoms with Gasteiger partial charge in [-0.25, -0.2) is 4.39 Å². The average molecular weight is 353 g/mol. The summed E-state index contributed by atoms with van der Waals surface area (Å²) in [6.45, 7) is 1.11. The van der Waals surface area contributed by atoms with Crippen LogP contribution < -0.4 is 10.2 Å². The molecular formula is C20H20FN3O2. The van der Waals surface area contributed by atoms with Crippen molar-refractivity contribution in [2.45, 2.75) is 25.6 Å². The zero-order valence-corrected chi connectivity index (χ0v) is 14.5. The number of carbonyl (C=O) groups excluding carboxylic acids is 2. The van der Waals surface area contributed by atoms with E-state index in [1.54, 1.807) is 30.3 Å². The number of amides is 2. The Morgan fingerprint density at radius 1 is 1.23 bits per heavy atom. The lowest BCUT2D eigenvalue weighted by Crippen LogP contribution is -2.50. The lowest BCUT2D eigenvalue weighted by molar-refractivity contribution is 0.0719. The van der Waals surface area contributed by atoms with Gasteiger partial charge < -0.3 is 15.1 Å². The minimum atomic E-state index is -0.302. The number of hydrogen-bond donors (Lipinski definition) is 1. The third-order valence-electron chi connectivity index (χ3n) is 5.17. The number of carbonyl (C=O) groups is 2. The average Bonchev–Trinajstić information content (AvgIpc) is 3.15. The molecule has 2 amide bonds. The van der Waals surface area contributed by atoms with Crippen molar-refractivity contribution in [3.63, 3.8) is 0 Å². The summed E-state index contributed by atoms with van der Waals surface area (Å²) in [4.78, 5) is 29.1. The van der Waals surface area contributed by atoms with Gasteiger partial charge in [0.2, 0.25) is 0 Å². The van der Waals surface area contributed by atoms with Crippen LogP contribution in [0.2, 0.25) is 0 Å². The molecule has 26 heavy (non-hydrogen) atoms. The molecule has 1 atom stereocenters. The Labute approximate surface area is 151 Å². The molecule has 2 aliphatic heterocycles. The van der Waals surface area contributed by atoms with Gasteiger partial charge in [0.25, 0.3) is 11.8 Å². The predicted octanol–water partition coefficient (Wildman–Crippen LogP) is 2.77. The number of benzene rings is 2. The molecular weight excluding hydrogens is 333 g/mol. The molecule has 1 fully saturated rings. The van der Waals surface area contributed by atoms with E-state index in [0.717, 1.165) is 30.6 Å². The molecule has 1 N–H and O–H groups in total. The van der Waals surface area contributed by atoms with E-state index in [-0.39, 0.29) is 23.8 Å². The topological polar surface area (TPSA) is 52.7 Å². The lowest BCUT2D eigenvalue weighted by Gasteiger charge is -2.40. The van der Waals surface area contributed by atoms with E-state index in [0.29, 0.717) is 17.7 Å². The Bertz CT molecular complexity index is 866. The van der Waals surface area contributed by atoms with Crippen molar-refractivity contribution in [1.29, 1.82) is 0 Å². The largest absolute Gasteiger partial charge is 0.354 e. The van der Waals surface area contributed by atoms with Gasteiger partial charge in [-0.3, -0.25) is 9.59 Å². The molecule has 0 bridgehead atoms. The van der Waals surface area contributed by atoms with Gasteiger partial charge >= 0.3 is 0 Å². The van der Waals surface area contributed by atoms with Crippen LogP contribution in [-0.2, 0) is 6.54 Å². The minimum Gasteiger partial charge on any atom is -0.354 e. The van der Waals surface area contributed by atoms with Gasteiger partial charge in [0.05, 0.1) is 11.3 Å². The van der Waals surface area contributed by atoms with E-state index in [1.807, 2.05) is 11.9 Å². The van der Waals surface area contributed by atoms with Gasteiger partial charge in [0, 0.05) is 25.7 Å². The highest BCUT2D eigenvalue weighted by molar-refractivity contribution is 6.04. The number of nitrogens with one attached hydrogen (secondary N) is 1. The van der Waals surface area contributed by atoms with Crippen LogP contribution >= 0.6 is 0 Å². The van der Waals surface area contributed by atoms with E-state index in [1.165, 1.54) is 12.1 Å². The molecule has 1 saturated heterocycles. The first-order valence-corrected chi connectivity index (χ1v) is 8.75. The first-order valence-electron chi connectivity index (χ1n) is 8.75. The molecule has 2 aliphatic rings. The van der Waals surface area contributed by atoms with Crippen molar-refractivity contribution in [3.05, 3.63) is 65.0 Å². The lowest BCUT2D eigenvalue weighted by atomic mass is 10.0. The number of anilines is 1. The highest BCUT2D eigenvalue weighted by Gasteiger charge is 2.38. The zero-order chi connectivity index (χ0) is 18.3. The fourth-order valence-corrected chi connectivity index (χ4v) is 3.74.